The first-order valence-corrected chi connectivity index (χ1v) is 8.26. The van der Waals surface area contributed by atoms with Crippen LogP contribution in [0.15, 0.2) is 0 Å². The van der Waals surface area contributed by atoms with E-state index in [1.807, 2.05) is 18.9 Å². The maximum Gasteiger partial charge on any atom is 0.239 e. The largest absolute Gasteiger partial charge is 0.396 e. The van der Waals surface area contributed by atoms with Gasteiger partial charge in [-0.05, 0) is 26.8 Å². The van der Waals surface area contributed by atoms with Gasteiger partial charge in [0.05, 0.1) is 12.6 Å². The molecule has 5 heteroatoms. The second kappa shape index (κ2) is 7.07. The zero-order chi connectivity index (χ0) is 15.5. The Labute approximate surface area is 128 Å². The predicted octanol–water partition coefficient (Wildman–Crippen LogP) is 0.633. The van der Waals surface area contributed by atoms with Gasteiger partial charge in [0.25, 0.3) is 0 Å². The maximum absolute atomic E-state index is 12.7. The summed E-state index contributed by atoms with van der Waals surface area (Å²) in [6, 6.07) is -0.0548. The number of piperazine rings is 1. The van der Waals surface area contributed by atoms with Crippen LogP contribution in [0.1, 0.15) is 32.6 Å². The first-order valence-electron chi connectivity index (χ1n) is 8.26. The Hall–Kier alpha value is -0.650. The van der Waals surface area contributed by atoms with Crippen LogP contribution in [-0.4, -0.2) is 85.2 Å². The van der Waals surface area contributed by atoms with Crippen LogP contribution in [0.3, 0.4) is 0 Å². The summed E-state index contributed by atoms with van der Waals surface area (Å²) in [7, 11) is 4.02. The standard InChI is InChI=1S/C16H31N3O2/c1-14(19-10-8-17(2)9-11-19)15(21)18(3)12-16(13-20)6-4-5-7-16/h14,20H,4-13H2,1-3H3. The zero-order valence-corrected chi connectivity index (χ0v) is 13.8. The van der Waals surface area contributed by atoms with Gasteiger partial charge in [-0.1, -0.05) is 12.8 Å². The van der Waals surface area contributed by atoms with Gasteiger partial charge < -0.3 is 14.9 Å². The Balaban J connectivity index is 1.89. The van der Waals surface area contributed by atoms with E-state index in [0.29, 0.717) is 6.54 Å². The quantitative estimate of drug-likeness (QED) is 0.809. The highest BCUT2D eigenvalue weighted by atomic mass is 16.3. The van der Waals surface area contributed by atoms with Gasteiger partial charge in [0.2, 0.25) is 5.91 Å². The third-order valence-corrected chi connectivity index (χ3v) is 5.39. The minimum atomic E-state index is -0.0548. The van der Waals surface area contributed by atoms with Gasteiger partial charge in [-0.3, -0.25) is 9.69 Å². The first-order chi connectivity index (χ1) is 9.97. The highest BCUT2D eigenvalue weighted by molar-refractivity contribution is 5.81. The summed E-state index contributed by atoms with van der Waals surface area (Å²) in [6.45, 7) is 6.90. The summed E-state index contributed by atoms with van der Waals surface area (Å²) in [6.07, 6.45) is 4.45. The molecule has 1 saturated carbocycles. The number of carbonyl (C=O) groups excluding carboxylic acids is 1. The van der Waals surface area contributed by atoms with Crippen molar-refractivity contribution in [2.45, 2.75) is 38.6 Å². The summed E-state index contributed by atoms with van der Waals surface area (Å²) in [4.78, 5) is 19.1. The molecule has 1 heterocycles. The van der Waals surface area contributed by atoms with Crippen molar-refractivity contribution in [2.24, 2.45) is 5.41 Å². The fourth-order valence-electron chi connectivity index (χ4n) is 3.76. The molecule has 1 aliphatic heterocycles. The number of amides is 1. The minimum Gasteiger partial charge on any atom is -0.396 e. The molecule has 0 spiro atoms. The van der Waals surface area contributed by atoms with Crippen LogP contribution in [-0.2, 0) is 4.79 Å². The number of aliphatic hydroxyl groups is 1. The van der Waals surface area contributed by atoms with Crippen molar-refractivity contribution < 1.29 is 9.90 Å². The molecule has 0 radical (unpaired) electrons. The van der Waals surface area contributed by atoms with E-state index in [2.05, 4.69) is 16.8 Å². The van der Waals surface area contributed by atoms with Gasteiger partial charge in [0.1, 0.15) is 0 Å². The van der Waals surface area contributed by atoms with Crippen molar-refractivity contribution in [2.75, 3.05) is 53.4 Å². The van der Waals surface area contributed by atoms with Crippen molar-refractivity contribution in [1.82, 2.24) is 14.7 Å². The van der Waals surface area contributed by atoms with Crippen molar-refractivity contribution in [3.05, 3.63) is 0 Å². The van der Waals surface area contributed by atoms with Gasteiger partial charge in [0, 0.05) is 45.2 Å². The third-order valence-electron chi connectivity index (χ3n) is 5.39. The van der Waals surface area contributed by atoms with E-state index < -0.39 is 0 Å². The van der Waals surface area contributed by atoms with E-state index in [-0.39, 0.29) is 24.0 Å². The Morgan fingerprint density at radius 1 is 1.24 bits per heavy atom. The smallest absolute Gasteiger partial charge is 0.239 e. The van der Waals surface area contributed by atoms with Crippen molar-refractivity contribution in [3.8, 4) is 0 Å². The Morgan fingerprint density at radius 3 is 2.33 bits per heavy atom. The normalized spacial score (nSPS) is 25.0. The minimum absolute atomic E-state index is 0.0494. The van der Waals surface area contributed by atoms with Crippen LogP contribution in [0.5, 0.6) is 0 Å². The van der Waals surface area contributed by atoms with Gasteiger partial charge in [-0.25, -0.2) is 0 Å². The monoisotopic (exact) mass is 297 g/mol. The van der Waals surface area contributed by atoms with Crippen molar-refractivity contribution in [1.29, 1.82) is 0 Å². The summed E-state index contributed by atoms with van der Waals surface area (Å²) < 4.78 is 0. The molecule has 5 nitrogen and oxygen atoms in total. The fraction of sp³-hybridized carbons (Fsp3) is 0.938. The zero-order valence-electron chi connectivity index (χ0n) is 13.8. The molecule has 0 bridgehead atoms. The SMILES string of the molecule is CC(C(=O)N(C)CC1(CO)CCCC1)N1CCN(C)CC1. The summed E-state index contributed by atoms with van der Waals surface area (Å²) in [5.74, 6) is 0.194. The summed E-state index contributed by atoms with van der Waals surface area (Å²) in [5.41, 5.74) is -0.0494. The number of carbonyl (C=O) groups is 1. The second-order valence-electron chi connectivity index (χ2n) is 7.07. The molecule has 1 atom stereocenters. The number of hydrogen-bond acceptors (Lipinski definition) is 4. The van der Waals surface area contributed by atoms with Crippen LogP contribution in [0.2, 0.25) is 0 Å². The van der Waals surface area contributed by atoms with Gasteiger partial charge in [0.15, 0.2) is 0 Å². The predicted molar refractivity (Wildman–Crippen MR) is 84.2 cm³/mol. The second-order valence-corrected chi connectivity index (χ2v) is 7.07. The molecule has 21 heavy (non-hydrogen) atoms. The van der Waals surface area contributed by atoms with Gasteiger partial charge in [-0.2, -0.15) is 0 Å². The van der Waals surface area contributed by atoms with E-state index in [1.54, 1.807) is 0 Å². The number of likely N-dealkylation sites (N-methyl/N-ethyl adjacent to an activating group) is 2. The molecule has 1 aliphatic carbocycles. The lowest BCUT2D eigenvalue weighted by Gasteiger charge is -2.38. The Bertz CT molecular complexity index is 347. The summed E-state index contributed by atoms with van der Waals surface area (Å²) >= 11 is 0. The molecule has 0 aromatic carbocycles. The maximum atomic E-state index is 12.7. The lowest BCUT2D eigenvalue weighted by molar-refractivity contribution is -0.137. The van der Waals surface area contributed by atoms with Crippen LogP contribution < -0.4 is 0 Å². The van der Waals surface area contributed by atoms with E-state index in [0.717, 1.165) is 39.0 Å². The molecule has 2 rings (SSSR count). The highest BCUT2D eigenvalue weighted by Gasteiger charge is 2.36. The number of hydrogen-bond donors (Lipinski definition) is 1. The summed E-state index contributed by atoms with van der Waals surface area (Å²) in [5, 5.41) is 9.71. The molecular weight excluding hydrogens is 266 g/mol. The molecule has 1 saturated heterocycles. The molecule has 122 valence electrons. The third kappa shape index (κ3) is 3.96. The van der Waals surface area contributed by atoms with Crippen LogP contribution in [0.25, 0.3) is 0 Å². The van der Waals surface area contributed by atoms with E-state index in [4.69, 9.17) is 0 Å². The van der Waals surface area contributed by atoms with Crippen LogP contribution >= 0.6 is 0 Å². The number of aliphatic hydroxyl groups excluding tert-OH is 1. The molecule has 2 aliphatic rings. The Kier molecular flexibility index (Phi) is 5.63. The number of rotatable bonds is 5. The molecular formula is C16H31N3O2. The van der Waals surface area contributed by atoms with E-state index in [1.165, 1.54) is 12.8 Å². The fourth-order valence-corrected chi connectivity index (χ4v) is 3.76. The topological polar surface area (TPSA) is 47.0 Å². The molecule has 0 aromatic rings. The van der Waals surface area contributed by atoms with Gasteiger partial charge >= 0.3 is 0 Å². The first kappa shape index (κ1) is 16.7. The molecule has 1 unspecified atom stereocenters. The van der Waals surface area contributed by atoms with E-state index >= 15 is 0 Å². The van der Waals surface area contributed by atoms with Crippen LogP contribution in [0.4, 0.5) is 0 Å². The van der Waals surface area contributed by atoms with Gasteiger partial charge in [-0.15, -0.1) is 0 Å². The van der Waals surface area contributed by atoms with Crippen molar-refractivity contribution >= 4 is 5.91 Å². The number of nitrogens with zero attached hydrogens (tertiary/aromatic N) is 3. The molecule has 1 amide bonds. The van der Waals surface area contributed by atoms with Crippen LogP contribution in [0, 0.1) is 5.41 Å². The van der Waals surface area contributed by atoms with Crippen molar-refractivity contribution in [3.63, 3.8) is 0 Å². The Morgan fingerprint density at radius 2 is 1.81 bits per heavy atom. The molecule has 1 N–H and O–H groups in total. The van der Waals surface area contributed by atoms with E-state index in [9.17, 15) is 9.90 Å². The average Bonchev–Trinajstić information content (AvgIpc) is 2.95. The lowest BCUT2D eigenvalue weighted by atomic mass is 9.86. The lowest BCUT2D eigenvalue weighted by Crippen LogP contribution is -2.54. The molecule has 0 aromatic heterocycles. The molecule has 2 fully saturated rings. The highest BCUT2D eigenvalue weighted by Crippen LogP contribution is 2.38. The average molecular weight is 297 g/mol.